The van der Waals surface area contributed by atoms with Gasteiger partial charge in [0.2, 0.25) is 5.60 Å². The number of hydrogen-bond acceptors (Lipinski definition) is 4. The standard InChI is InChI=1S/C11H14O4/c1-8(12)15-11-6-3-2-4-9(5-7-11)14-10(11)13/h2,4,9H,3,5-7H2,1H3/b4-2-/t9?,11-/m0/s1. The second kappa shape index (κ2) is 3.68. The summed E-state index contributed by atoms with van der Waals surface area (Å²) in [7, 11) is 0. The maximum Gasteiger partial charge on any atom is 0.351 e. The predicted octanol–water partition coefficient (Wildman–Crippen LogP) is 1.34. The van der Waals surface area contributed by atoms with E-state index in [2.05, 4.69) is 0 Å². The summed E-state index contributed by atoms with van der Waals surface area (Å²) in [6, 6.07) is 0. The van der Waals surface area contributed by atoms with E-state index in [1.165, 1.54) is 6.92 Å². The van der Waals surface area contributed by atoms with E-state index in [4.69, 9.17) is 9.47 Å². The van der Waals surface area contributed by atoms with Crippen LogP contribution < -0.4 is 0 Å². The lowest BCUT2D eigenvalue weighted by Gasteiger charge is -2.37. The molecule has 1 saturated heterocycles. The third-order valence-corrected chi connectivity index (χ3v) is 2.87. The third-order valence-electron chi connectivity index (χ3n) is 2.87. The van der Waals surface area contributed by atoms with E-state index in [1.54, 1.807) is 0 Å². The molecule has 3 aliphatic rings. The van der Waals surface area contributed by atoms with Crippen molar-refractivity contribution in [3.8, 4) is 0 Å². The zero-order chi connectivity index (χ0) is 10.9. The van der Waals surface area contributed by atoms with Gasteiger partial charge in [-0.1, -0.05) is 6.08 Å². The average Bonchev–Trinajstić information content (AvgIpc) is 2.12. The van der Waals surface area contributed by atoms with Crippen molar-refractivity contribution in [1.29, 1.82) is 0 Å². The predicted molar refractivity (Wildman–Crippen MR) is 52.0 cm³/mol. The van der Waals surface area contributed by atoms with Crippen molar-refractivity contribution in [2.75, 3.05) is 0 Å². The van der Waals surface area contributed by atoms with Crippen molar-refractivity contribution in [2.24, 2.45) is 0 Å². The Bertz CT molecular complexity index is 321. The van der Waals surface area contributed by atoms with E-state index >= 15 is 0 Å². The Morgan fingerprint density at radius 3 is 3.07 bits per heavy atom. The highest BCUT2D eigenvalue weighted by Gasteiger charge is 2.47. The molecule has 0 aromatic heterocycles. The lowest BCUT2D eigenvalue weighted by molar-refractivity contribution is -0.194. The lowest BCUT2D eigenvalue weighted by atomic mass is 9.86. The summed E-state index contributed by atoms with van der Waals surface area (Å²) in [6.07, 6.45) is 6.33. The number of fused-ring (bicyclic) bond motifs is 4. The maximum absolute atomic E-state index is 11.8. The second-order valence-electron chi connectivity index (χ2n) is 4.04. The van der Waals surface area contributed by atoms with Gasteiger partial charge in [-0.25, -0.2) is 4.79 Å². The van der Waals surface area contributed by atoms with Gasteiger partial charge in [0.05, 0.1) is 0 Å². The van der Waals surface area contributed by atoms with Gasteiger partial charge in [0.25, 0.3) is 0 Å². The number of carbonyl (C=O) groups is 2. The first-order valence-corrected chi connectivity index (χ1v) is 5.20. The summed E-state index contributed by atoms with van der Waals surface area (Å²) in [4.78, 5) is 22.7. The first-order valence-electron chi connectivity index (χ1n) is 5.20. The molecule has 0 spiro atoms. The molecule has 2 bridgehead atoms. The summed E-state index contributed by atoms with van der Waals surface area (Å²) in [5.74, 6) is -0.812. The van der Waals surface area contributed by atoms with Crippen LogP contribution in [0.2, 0.25) is 0 Å². The highest BCUT2D eigenvalue weighted by atomic mass is 16.6. The molecule has 0 aromatic rings. The van der Waals surface area contributed by atoms with Gasteiger partial charge in [-0.15, -0.1) is 0 Å². The van der Waals surface area contributed by atoms with Gasteiger partial charge in [0.15, 0.2) is 0 Å². The Hall–Kier alpha value is -1.32. The minimum Gasteiger partial charge on any atom is -0.455 e. The SMILES string of the molecule is CC(=O)O[C@@]12CC/C=C\C(CC1)OC2=O. The fraction of sp³-hybridized carbons (Fsp3) is 0.636. The normalized spacial score (nSPS) is 36.3. The Kier molecular flexibility index (Phi) is 2.50. The summed E-state index contributed by atoms with van der Waals surface area (Å²) >= 11 is 0. The number of allylic oxidation sites excluding steroid dienone is 1. The van der Waals surface area contributed by atoms with E-state index in [1.807, 2.05) is 12.2 Å². The van der Waals surface area contributed by atoms with Crippen LogP contribution in [0.4, 0.5) is 0 Å². The molecule has 3 rings (SSSR count). The number of hydrogen-bond donors (Lipinski definition) is 0. The third kappa shape index (κ3) is 1.89. The first kappa shape index (κ1) is 10.2. The Balaban J connectivity index is 2.24. The van der Waals surface area contributed by atoms with Gasteiger partial charge in [0.1, 0.15) is 6.10 Å². The van der Waals surface area contributed by atoms with Crippen LogP contribution in [0.1, 0.15) is 32.6 Å². The molecule has 1 unspecified atom stereocenters. The summed E-state index contributed by atoms with van der Waals surface area (Å²) < 4.78 is 10.4. The van der Waals surface area contributed by atoms with Crippen LogP contribution in [0.3, 0.4) is 0 Å². The molecule has 82 valence electrons. The molecule has 0 radical (unpaired) electrons. The van der Waals surface area contributed by atoms with E-state index < -0.39 is 17.5 Å². The zero-order valence-corrected chi connectivity index (χ0v) is 8.69. The van der Waals surface area contributed by atoms with Crippen LogP contribution in [0.25, 0.3) is 0 Å². The molecule has 0 N–H and O–H groups in total. The fourth-order valence-corrected chi connectivity index (χ4v) is 2.13. The van der Waals surface area contributed by atoms with Gasteiger partial charge in [0, 0.05) is 19.8 Å². The first-order chi connectivity index (χ1) is 7.12. The van der Waals surface area contributed by atoms with Crippen molar-refractivity contribution in [1.82, 2.24) is 0 Å². The van der Waals surface area contributed by atoms with Crippen LogP contribution in [0.5, 0.6) is 0 Å². The van der Waals surface area contributed by atoms with Gasteiger partial charge in [-0.3, -0.25) is 4.79 Å². The highest BCUT2D eigenvalue weighted by Crippen LogP contribution is 2.34. The molecular weight excluding hydrogens is 196 g/mol. The van der Waals surface area contributed by atoms with Crippen molar-refractivity contribution in [2.45, 2.75) is 44.3 Å². The summed E-state index contributed by atoms with van der Waals surface area (Å²) in [5.41, 5.74) is -1.02. The molecule has 4 heteroatoms. The number of rotatable bonds is 1. The van der Waals surface area contributed by atoms with Crippen molar-refractivity contribution in [3.05, 3.63) is 12.2 Å². The van der Waals surface area contributed by atoms with Gasteiger partial charge in [-0.2, -0.15) is 0 Å². The smallest absolute Gasteiger partial charge is 0.351 e. The maximum atomic E-state index is 11.8. The van der Waals surface area contributed by atoms with Crippen LogP contribution in [0, 0.1) is 0 Å². The highest BCUT2D eigenvalue weighted by molar-refractivity contribution is 5.84. The molecule has 0 aromatic carbocycles. The quantitative estimate of drug-likeness (QED) is 0.484. The van der Waals surface area contributed by atoms with Crippen molar-refractivity contribution in [3.63, 3.8) is 0 Å². The molecule has 1 aliphatic carbocycles. The Labute approximate surface area is 88.2 Å². The van der Waals surface area contributed by atoms with E-state index in [-0.39, 0.29) is 6.10 Å². The van der Waals surface area contributed by atoms with Gasteiger partial charge < -0.3 is 9.47 Å². The van der Waals surface area contributed by atoms with Crippen LogP contribution in [-0.4, -0.2) is 23.6 Å². The molecule has 15 heavy (non-hydrogen) atoms. The van der Waals surface area contributed by atoms with Crippen molar-refractivity contribution < 1.29 is 19.1 Å². The Morgan fingerprint density at radius 1 is 1.60 bits per heavy atom. The fourth-order valence-electron chi connectivity index (χ4n) is 2.13. The van der Waals surface area contributed by atoms with Gasteiger partial charge >= 0.3 is 11.9 Å². The topological polar surface area (TPSA) is 52.6 Å². The number of ether oxygens (including phenoxy) is 2. The van der Waals surface area contributed by atoms with E-state index in [0.717, 1.165) is 12.8 Å². The largest absolute Gasteiger partial charge is 0.455 e. The minimum absolute atomic E-state index is 0.138. The molecule has 4 nitrogen and oxygen atoms in total. The zero-order valence-electron chi connectivity index (χ0n) is 8.69. The average molecular weight is 210 g/mol. The molecule has 1 fully saturated rings. The van der Waals surface area contributed by atoms with E-state index in [0.29, 0.717) is 12.8 Å². The van der Waals surface area contributed by atoms with Gasteiger partial charge in [-0.05, 0) is 18.9 Å². The molecule has 2 heterocycles. The Morgan fingerprint density at radius 2 is 2.40 bits per heavy atom. The number of carbonyl (C=O) groups excluding carboxylic acids is 2. The summed E-state index contributed by atoms with van der Waals surface area (Å²) in [5, 5.41) is 0. The number of esters is 2. The van der Waals surface area contributed by atoms with Crippen molar-refractivity contribution >= 4 is 11.9 Å². The second-order valence-corrected chi connectivity index (χ2v) is 4.04. The van der Waals surface area contributed by atoms with E-state index in [9.17, 15) is 9.59 Å². The molecular formula is C11H14O4. The van der Waals surface area contributed by atoms with Crippen LogP contribution >= 0.6 is 0 Å². The molecule has 2 aliphatic heterocycles. The molecule has 0 amide bonds. The van der Waals surface area contributed by atoms with Crippen LogP contribution in [0.15, 0.2) is 12.2 Å². The monoisotopic (exact) mass is 210 g/mol. The van der Waals surface area contributed by atoms with Crippen LogP contribution in [-0.2, 0) is 19.1 Å². The lowest BCUT2D eigenvalue weighted by Crippen LogP contribution is -2.50. The summed E-state index contributed by atoms with van der Waals surface area (Å²) in [6.45, 7) is 1.32. The molecule has 2 atom stereocenters. The minimum atomic E-state index is -1.02. The molecule has 0 saturated carbocycles.